The van der Waals surface area contributed by atoms with Gasteiger partial charge in [-0.3, -0.25) is 9.59 Å². The minimum atomic E-state index is -0.278. The van der Waals surface area contributed by atoms with Gasteiger partial charge in [0.1, 0.15) is 11.9 Å². The van der Waals surface area contributed by atoms with E-state index in [4.69, 9.17) is 4.74 Å². The highest BCUT2D eigenvalue weighted by Crippen LogP contribution is 2.31. The number of nitrogens with one attached hydrogen (secondary N) is 1. The van der Waals surface area contributed by atoms with Crippen molar-refractivity contribution in [1.29, 1.82) is 0 Å². The highest BCUT2D eigenvalue weighted by molar-refractivity contribution is 5.92. The fourth-order valence-electron chi connectivity index (χ4n) is 4.83. The fraction of sp³-hybridized carbons (Fsp3) is 0.517. The molecule has 2 aromatic rings. The number of carbonyl (C=O) groups excluding carboxylic acids is 2. The molecule has 2 amide bonds. The molecule has 2 aromatic carbocycles. The van der Waals surface area contributed by atoms with Gasteiger partial charge in [-0.2, -0.15) is 0 Å². The Balaban J connectivity index is 1.55. The number of anilines is 1. The molecule has 7 nitrogen and oxygen atoms in total. The molecule has 4 rings (SSSR count). The van der Waals surface area contributed by atoms with Crippen molar-refractivity contribution in [3.8, 4) is 5.75 Å². The minimum Gasteiger partial charge on any atom is -0.488 e. The molecule has 2 N–H and O–H groups in total. The number of nitrogens with zero attached hydrogens (tertiary/aromatic N) is 2. The van der Waals surface area contributed by atoms with Gasteiger partial charge in [0.2, 0.25) is 11.8 Å². The van der Waals surface area contributed by atoms with Crippen LogP contribution in [-0.2, 0) is 22.4 Å². The zero-order chi connectivity index (χ0) is 25.7. The summed E-state index contributed by atoms with van der Waals surface area (Å²) >= 11 is 0. The number of carbonyl (C=O) groups is 2. The van der Waals surface area contributed by atoms with Gasteiger partial charge in [-0.1, -0.05) is 37.3 Å². The number of aliphatic hydroxyl groups excluding tert-OH is 1. The Morgan fingerprint density at radius 1 is 1.19 bits per heavy atom. The molecule has 0 aromatic heterocycles. The van der Waals surface area contributed by atoms with Crippen LogP contribution in [-0.4, -0.2) is 72.2 Å². The van der Waals surface area contributed by atoms with Crippen molar-refractivity contribution in [1.82, 2.24) is 9.80 Å². The van der Waals surface area contributed by atoms with Gasteiger partial charge in [0, 0.05) is 36.8 Å². The second-order valence-corrected chi connectivity index (χ2v) is 10.6. The van der Waals surface area contributed by atoms with Gasteiger partial charge < -0.3 is 25.0 Å². The lowest BCUT2D eigenvalue weighted by Crippen LogP contribution is -2.47. The number of hydrogen-bond acceptors (Lipinski definition) is 5. The van der Waals surface area contributed by atoms with E-state index >= 15 is 0 Å². The summed E-state index contributed by atoms with van der Waals surface area (Å²) in [5.74, 6) is 1.39. The second-order valence-electron chi connectivity index (χ2n) is 10.6. The molecule has 3 atom stereocenters. The van der Waals surface area contributed by atoms with Crippen molar-refractivity contribution in [2.24, 2.45) is 11.8 Å². The Morgan fingerprint density at radius 3 is 2.64 bits per heavy atom. The molecule has 1 saturated carbocycles. The van der Waals surface area contributed by atoms with Gasteiger partial charge in [0.15, 0.2) is 0 Å². The smallest absolute Gasteiger partial charge is 0.228 e. The molecular weight excluding hydrogens is 454 g/mol. The molecule has 0 bridgehead atoms. The van der Waals surface area contributed by atoms with Crippen molar-refractivity contribution in [3.63, 3.8) is 0 Å². The number of hydrogen-bond donors (Lipinski definition) is 2. The lowest BCUT2D eigenvalue weighted by atomic mass is 10.0. The van der Waals surface area contributed by atoms with E-state index < -0.39 is 0 Å². The second kappa shape index (κ2) is 11.9. The Bertz CT molecular complexity index is 1040. The number of aliphatic hydroxyl groups is 1. The van der Waals surface area contributed by atoms with Crippen LogP contribution in [0.15, 0.2) is 48.5 Å². The number of ether oxygens (including phenoxy) is 1. The molecule has 36 heavy (non-hydrogen) atoms. The van der Waals surface area contributed by atoms with Crippen molar-refractivity contribution in [2.75, 3.05) is 38.6 Å². The highest BCUT2D eigenvalue weighted by atomic mass is 16.5. The third-order valence-electron chi connectivity index (χ3n) is 7.17. The van der Waals surface area contributed by atoms with E-state index in [1.54, 1.807) is 4.90 Å². The average molecular weight is 494 g/mol. The van der Waals surface area contributed by atoms with Gasteiger partial charge in [0.25, 0.3) is 0 Å². The van der Waals surface area contributed by atoms with E-state index in [1.165, 1.54) is 12.8 Å². The summed E-state index contributed by atoms with van der Waals surface area (Å²) in [7, 11) is 2.13. The first-order chi connectivity index (χ1) is 17.3. The first-order valence-electron chi connectivity index (χ1n) is 13.0. The molecule has 0 radical (unpaired) electrons. The summed E-state index contributed by atoms with van der Waals surface area (Å²) in [4.78, 5) is 30.1. The van der Waals surface area contributed by atoms with Crippen LogP contribution < -0.4 is 10.1 Å². The average Bonchev–Trinajstić information content (AvgIpc) is 3.66. The fourth-order valence-corrected chi connectivity index (χ4v) is 4.83. The van der Waals surface area contributed by atoms with Crippen molar-refractivity contribution in [3.05, 3.63) is 59.7 Å². The highest BCUT2D eigenvalue weighted by Gasteiger charge is 2.32. The van der Waals surface area contributed by atoms with Crippen LogP contribution >= 0.6 is 0 Å². The maximum absolute atomic E-state index is 13.3. The molecule has 1 heterocycles. The van der Waals surface area contributed by atoms with Crippen LogP contribution in [0.3, 0.4) is 0 Å². The van der Waals surface area contributed by atoms with E-state index in [9.17, 15) is 14.7 Å². The van der Waals surface area contributed by atoms with Crippen LogP contribution in [0, 0.1) is 11.8 Å². The summed E-state index contributed by atoms with van der Waals surface area (Å²) in [5, 5.41) is 12.8. The SMILES string of the molecule is C[C@H](CO)N1C[C@H](C)[C@@H](CN(C)CC2CC2)Oc2ccc(NC(=O)Cc3ccccc3)cc2CC1=O. The van der Waals surface area contributed by atoms with Gasteiger partial charge in [-0.05, 0) is 56.5 Å². The topological polar surface area (TPSA) is 82.1 Å². The molecule has 7 heteroatoms. The largest absolute Gasteiger partial charge is 0.488 e. The maximum Gasteiger partial charge on any atom is 0.228 e. The predicted octanol–water partition coefficient (Wildman–Crippen LogP) is 3.36. The zero-order valence-corrected chi connectivity index (χ0v) is 21.7. The lowest BCUT2D eigenvalue weighted by molar-refractivity contribution is -0.134. The van der Waals surface area contributed by atoms with Crippen LogP contribution in [0.25, 0.3) is 0 Å². The van der Waals surface area contributed by atoms with Crippen LogP contribution in [0.1, 0.15) is 37.8 Å². The number of fused-ring (bicyclic) bond motifs is 1. The lowest BCUT2D eigenvalue weighted by Gasteiger charge is -2.34. The minimum absolute atomic E-state index is 0.0482. The molecule has 1 fully saturated rings. The van der Waals surface area contributed by atoms with Crippen molar-refractivity contribution < 1.29 is 19.4 Å². The van der Waals surface area contributed by atoms with Gasteiger partial charge in [0.05, 0.1) is 25.5 Å². The Hall–Kier alpha value is -2.90. The summed E-state index contributed by atoms with van der Waals surface area (Å²) in [6.07, 6.45) is 2.92. The number of rotatable bonds is 9. The summed E-state index contributed by atoms with van der Waals surface area (Å²) < 4.78 is 6.57. The molecule has 1 aliphatic carbocycles. The van der Waals surface area contributed by atoms with Crippen LogP contribution in [0.2, 0.25) is 0 Å². The van der Waals surface area contributed by atoms with Gasteiger partial charge in [-0.15, -0.1) is 0 Å². The van der Waals surface area contributed by atoms with Crippen molar-refractivity contribution >= 4 is 17.5 Å². The van der Waals surface area contributed by atoms with Gasteiger partial charge in [-0.25, -0.2) is 0 Å². The third kappa shape index (κ3) is 7.08. The standard InChI is InChI=1S/C29H39N3O4/c1-20-16-32(21(2)19-33)29(35)15-24-14-25(30-28(34)13-22-7-5-4-6-8-22)11-12-26(24)36-27(20)18-31(3)17-23-9-10-23/h4-8,11-12,14,20-21,23,27,33H,9-10,13,15-19H2,1-3H3,(H,30,34)/t20-,21+,27+/m0/s1. The Kier molecular flexibility index (Phi) is 8.64. The van der Waals surface area contributed by atoms with Crippen LogP contribution in [0.4, 0.5) is 5.69 Å². The predicted molar refractivity (Wildman–Crippen MR) is 141 cm³/mol. The van der Waals surface area contributed by atoms with E-state index in [0.717, 1.165) is 30.1 Å². The Morgan fingerprint density at radius 2 is 1.94 bits per heavy atom. The molecular formula is C29H39N3O4. The number of benzene rings is 2. The third-order valence-corrected chi connectivity index (χ3v) is 7.17. The van der Waals surface area contributed by atoms with Crippen molar-refractivity contribution in [2.45, 2.75) is 51.7 Å². The Labute approximate surface area is 214 Å². The normalized spacial score (nSPS) is 21.1. The van der Waals surface area contributed by atoms with Crippen LogP contribution in [0.5, 0.6) is 5.75 Å². The molecule has 0 saturated heterocycles. The maximum atomic E-state index is 13.3. The first-order valence-corrected chi connectivity index (χ1v) is 13.0. The zero-order valence-electron chi connectivity index (χ0n) is 21.7. The first kappa shape index (κ1) is 26.2. The molecule has 0 spiro atoms. The number of amides is 2. The monoisotopic (exact) mass is 493 g/mol. The van der Waals surface area contributed by atoms with E-state index in [1.807, 2.05) is 55.5 Å². The summed E-state index contributed by atoms with van der Waals surface area (Å²) in [5.41, 5.74) is 2.33. The number of likely N-dealkylation sites (N-methyl/N-ethyl adjacent to an activating group) is 1. The summed E-state index contributed by atoms with van der Waals surface area (Å²) in [6, 6.07) is 14.9. The quantitative estimate of drug-likeness (QED) is 0.560. The van der Waals surface area contributed by atoms with Gasteiger partial charge >= 0.3 is 0 Å². The summed E-state index contributed by atoms with van der Waals surface area (Å²) in [6.45, 7) is 6.25. The molecule has 194 valence electrons. The molecule has 1 aliphatic heterocycles. The van der Waals surface area contributed by atoms with E-state index in [-0.39, 0.29) is 49.3 Å². The molecule has 2 aliphatic rings. The van der Waals surface area contributed by atoms with E-state index in [2.05, 4.69) is 24.2 Å². The molecule has 0 unspecified atom stereocenters. The van der Waals surface area contributed by atoms with E-state index in [0.29, 0.717) is 18.0 Å².